The molecule has 0 amide bonds. The van der Waals surface area contributed by atoms with Crippen molar-refractivity contribution in [3.63, 3.8) is 0 Å². The maximum absolute atomic E-state index is 11.3. The summed E-state index contributed by atoms with van der Waals surface area (Å²) in [5.41, 5.74) is 6.55. The van der Waals surface area contributed by atoms with Crippen molar-refractivity contribution in [2.75, 3.05) is 12.0 Å². The number of benzene rings is 2. The lowest BCUT2D eigenvalue weighted by Gasteiger charge is -2.04. The summed E-state index contributed by atoms with van der Waals surface area (Å²) in [5, 5.41) is 2.06. The van der Waals surface area contributed by atoms with E-state index in [1.54, 1.807) is 12.3 Å². The van der Waals surface area contributed by atoms with E-state index in [2.05, 4.69) is 0 Å². The van der Waals surface area contributed by atoms with Crippen LogP contribution in [0, 0.1) is 0 Å². The Balaban J connectivity index is 2.78. The van der Waals surface area contributed by atoms with Crippen molar-refractivity contribution in [1.82, 2.24) is 0 Å². The lowest BCUT2D eigenvalue weighted by molar-refractivity contribution is 0.687. The molecule has 2 nitrogen and oxygen atoms in total. The van der Waals surface area contributed by atoms with E-state index in [0.29, 0.717) is 5.69 Å². The lowest BCUT2D eigenvalue weighted by Crippen LogP contribution is -1.92. The second kappa shape index (κ2) is 3.42. The zero-order valence-corrected chi connectivity index (χ0v) is 8.67. The fourth-order valence-corrected chi connectivity index (χ4v) is 2.06. The van der Waals surface area contributed by atoms with Gasteiger partial charge in [-0.3, -0.25) is 4.21 Å². The van der Waals surface area contributed by atoms with Gasteiger partial charge in [0.1, 0.15) is 0 Å². The second-order valence-electron chi connectivity index (χ2n) is 3.19. The molecule has 72 valence electrons. The van der Waals surface area contributed by atoms with Crippen LogP contribution >= 0.6 is 0 Å². The predicted molar refractivity (Wildman–Crippen MR) is 60.7 cm³/mol. The molecule has 2 rings (SSSR count). The molecule has 0 aliphatic carbocycles. The van der Waals surface area contributed by atoms with Gasteiger partial charge in [0.05, 0.1) is 0 Å². The van der Waals surface area contributed by atoms with E-state index in [1.165, 1.54) is 0 Å². The first kappa shape index (κ1) is 9.21. The molecule has 0 aliphatic heterocycles. The number of nitrogen functional groups attached to an aromatic ring is 1. The number of rotatable bonds is 1. The van der Waals surface area contributed by atoms with E-state index in [9.17, 15) is 4.21 Å². The molecule has 2 aromatic rings. The van der Waals surface area contributed by atoms with Gasteiger partial charge in [-0.2, -0.15) is 0 Å². The summed E-state index contributed by atoms with van der Waals surface area (Å²) < 4.78 is 11.3. The maximum Gasteiger partial charge on any atom is 0.0499 e. The Hall–Kier alpha value is -1.35. The number of hydrogen-bond acceptors (Lipinski definition) is 2. The molecule has 0 saturated carbocycles. The molecule has 0 radical (unpaired) electrons. The molecule has 0 bridgehead atoms. The van der Waals surface area contributed by atoms with E-state index in [-0.39, 0.29) is 0 Å². The van der Waals surface area contributed by atoms with Crippen LogP contribution in [-0.2, 0) is 10.8 Å². The third-order valence-electron chi connectivity index (χ3n) is 2.20. The summed E-state index contributed by atoms with van der Waals surface area (Å²) in [6, 6.07) is 11.5. The molecule has 0 fully saturated rings. The van der Waals surface area contributed by atoms with Gasteiger partial charge in [0, 0.05) is 33.0 Å². The van der Waals surface area contributed by atoms with Crippen LogP contribution in [0.3, 0.4) is 0 Å². The highest BCUT2D eigenvalue weighted by Gasteiger charge is 2.02. The van der Waals surface area contributed by atoms with Crippen LogP contribution in [-0.4, -0.2) is 10.5 Å². The Morgan fingerprint density at radius 3 is 2.64 bits per heavy atom. The van der Waals surface area contributed by atoms with Crippen molar-refractivity contribution < 1.29 is 4.21 Å². The first-order valence-corrected chi connectivity index (χ1v) is 5.86. The molecule has 2 aromatic carbocycles. The quantitative estimate of drug-likeness (QED) is 0.725. The molecule has 0 aliphatic rings. The number of nitrogens with two attached hydrogens (primary N) is 1. The standard InChI is InChI=1S/C11H11NOS/c1-14(13)9-6-8-4-2-3-5-10(8)11(12)7-9/h2-7H,12H2,1H3. The van der Waals surface area contributed by atoms with E-state index in [4.69, 9.17) is 5.73 Å². The van der Waals surface area contributed by atoms with E-state index in [1.807, 2.05) is 30.3 Å². The molecule has 2 N–H and O–H groups in total. The molecule has 14 heavy (non-hydrogen) atoms. The van der Waals surface area contributed by atoms with Crippen molar-refractivity contribution in [2.24, 2.45) is 0 Å². The van der Waals surface area contributed by atoms with Crippen molar-refractivity contribution in [3.8, 4) is 0 Å². The van der Waals surface area contributed by atoms with Crippen LogP contribution in [0.4, 0.5) is 5.69 Å². The summed E-state index contributed by atoms with van der Waals surface area (Å²) in [4.78, 5) is 0.779. The Labute approximate surface area is 85.2 Å². The third kappa shape index (κ3) is 1.51. The minimum absolute atomic E-state index is 0.688. The van der Waals surface area contributed by atoms with Crippen LogP contribution < -0.4 is 5.73 Å². The summed E-state index contributed by atoms with van der Waals surface area (Å²) in [6.07, 6.45) is 1.66. The smallest absolute Gasteiger partial charge is 0.0499 e. The Morgan fingerprint density at radius 1 is 1.21 bits per heavy atom. The third-order valence-corrected chi connectivity index (χ3v) is 3.10. The van der Waals surface area contributed by atoms with Gasteiger partial charge >= 0.3 is 0 Å². The van der Waals surface area contributed by atoms with Gasteiger partial charge in [0.2, 0.25) is 0 Å². The van der Waals surface area contributed by atoms with Crippen LogP contribution in [0.5, 0.6) is 0 Å². The van der Waals surface area contributed by atoms with Crippen molar-refractivity contribution >= 4 is 27.3 Å². The zero-order chi connectivity index (χ0) is 10.1. The fraction of sp³-hybridized carbons (Fsp3) is 0.0909. The average Bonchev–Trinajstić information content (AvgIpc) is 2.17. The Kier molecular flexibility index (Phi) is 2.25. The van der Waals surface area contributed by atoms with Gasteiger partial charge in [-0.15, -0.1) is 0 Å². The van der Waals surface area contributed by atoms with Gasteiger partial charge in [-0.25, -0.2) is 0 Å². The first-order chi connectivity index (χ1) is 6.68. The molecule has 1 atom stereocenters. The monoisotopic (exact) mass is 205 g/mol. The van der Waals surface area contributed by atoms with Crippen molar-refractivity contribution in [2.45, 2.75) is 4.90 Å². The van der Waals surface area contributed by atoms with Gasteiger partial charge in [0.25, 0.3) is 0 Å². The lowest BCUT2D eigenvalue weighted by atomic mass is 10.1. The second-order valence-corrected chi connectivity index (χ2v) is 4.57. The van der Waals surface area contributed by atoms with Gasteiger partial charge < -0.3 is 5.73 Å². The molecular formula is C11H11NOS. The van der Waals surface area contributed by atoms with Gasteiger partial charge in [-0.1, -0.05) is 24.3 Å². The summed E-state index contributed by atoms with van der Waals surface area (Å²) in [7, 11) is -0.975. The van der Waals surface area contributed by atoms with Crippen molar-refractivity contribution in [1.29, 1.82) is 0 Å². The normalized spacial score (nSPS) is 12.9. The number of anilines is 1. The SMILES string of the molecule is CS(=O)c1cc(N)c2ccccc2c1. The number of hydrogen-bond donors (Lipinski definition) is 1. The molecule has 0 aromatic heterocycles. The van der Waals surface area contributed by atoms with Crippen LogP contribution in [0.2, 0.25) is 0 Å². The number of fused-ring (bicyclic) bond motifs is 1. The summed E-state index contributed by atoms with van der Waals surface area (Å²) in [5.74, 6) is 0. The zero-order valence-electron chi connectivity index (χ0n) is 7.86. The summed E-state index contributed by atoms with van der Waals surface area (Å²) >= 11 is 0. The molecule has 1 unspecified atom stereocenters. The topological polar surface area (TPSA) is 43.1 Å². The minimum atomic E-state index is -0.975. The molecule has 3 heteroatoms. The van der Waals surface area contributed by atoms with E-state index in [0.717, 1.165) is 15.7 Å². The fourth-order valence-electron chi connectivity index (χ4n) is 1.48. The van der Waals surface area contributed by atoms with Crippen LogP contribution in [0.15, 0.2) is 41.3 Å². The van der Waals surface area contributed by atoms with E-state index < -0.39 is 10.8 Å². The first-order valence-electron chi connectivity index (χ1n) is 4.30. The Morgan fingerprint density at radius 2 is 1.93 bits per heavy atom. The van der Waals surface area contributed by atoms with Crippen molar-refractivity contribution in [3.05, 3.63) is 36.4 Å². The van der Waals surface area contributed by atoms with Gasteiger partial charge in [0.15, 0.2) is 0 Å². The van der Waals surface area contributed by atoms with Gasteiger partial charge in [-0.05, 0) is 17.5 Å². The minimum Gasteiger partial charge on any atom is -0.398 e. The van der Waals surface area contributed by atoms with Crippen LogP contribution in [0.1, 0.15) is 0 Å². The predicted octanol–water partition coefficient (Wildman–Crippen LogP) is 2.16. The van der Waals surface area contributed by atoms with E-state index >= 15 is 0 Å². The molecule has 0 spiro atoms. The summed E-state index contributed by atoms with van der Waals surface area (Å²) in [6.45, 7) is 0. The largest absolute Gasteiger partial charge is 0.398 e. The molecular weight excluding hydrogens is 194 g/mol. The highest BCUT2D eigenvalue weighted by atomic mass is 32.2. The Bertz CT molecular complexity index is 508. The highest BCUT2D eigenvalue weighted by Crippen LogP contribution is 2.24. The average molecular weight is 205 g/mol. The molecule has 0 heterocycles. The highest BCUT2D eigenvalue weighted by molar-refractivity contribution is 7.84. The maximum atomic E-state index is 11.3. The van der Waals surface area contributed by atoms with Crippen LogP contribution in [0.25, 0.3) is 10.8 Å². The molecule has 0 saturated heterocycles.